The van der Waals surface area contributed by atoms with E-state index in [9.17, 15) is 0 Å². The predicted molar refractivity (Wildman–Crippen MR) is 63.8 cm³/mol. The first kappa shape index (κ1) is 12.7. The van der Waals surface area contributed by atoms with Gasteiger partial charge in [-0.2, -0.15) is 5.10 Å². The Morgan fingerprint density at radius 2 is 1.36 bits per heavy atom. The number of nitrogens with zero attached hydrogens (tertiary/aromatic N) is 2. The molecule has 0 bridgehead atoms. The molecule has 0 aliphatic heterocycles. The first-order chi connectivity index (χ1) is 6.56. The summed E-state index contributed by atoms with van der Waals surface area (Å²) in [4.78, 5) is 0. The Kier molecular flexibility index (Phi) is 6.46. The highest BCUT2D eigenvalue weighted by Gasteiger charge is 1.79. The van der Waals surface area contributed by atoms with E-state index in [4.69, 9.17) is 0 Å². The summed E-state index contributed by atoms with van der Waals surface area (Å²) < 4.78 is 0. The summed E-state index contributed by atoms with van der Waals surface area (Å²) in [5, 5.41) is 5.58. The lowest BCUT2D eigenvalue weighted by Gasteiger charge is -1.98. The second-order valence-electron chi connectivity index (χ2n) is 3.38. The van der Waals surface area contributed by atoms with Gasteiger partial charge in [0.15, 0.2) is 0 Å². The average molecular weight is 192 g/mol. The van der Waals surface area contributed by atoms with Crippen molar-refractivity contribution >= 4 is 6.21 Å². The molecule has 0 aromatic heterocycles. The van der Waals surface area contributed by atoms with E-state index in [1.807, 2.05) is 21.0 Å². The van der Waals surface area contributed by atoms with Gasteiger partial charge in [-0.15, -0.1) is 0 Å². The summed E-state index contributed by atoms with van der Waals surface area (Å²) in [7, 11) is 3.78. The SMILES string of the molecule is C/C=N/N(C)C.Cc1ccc(C)cc1. The van der Waals surface area contributed by atoms with Crippen LogP contribution in [0, 0.1) is 13.8 Å². The zero-order valence-corrected chi connectivity index (χ0v) is 9.78. The molecule has 2 nitrogen and oxygen atoms in total. The Hall–Kier alpha value is -1.31. The first-order valence-corrected chi connectivity index (χ1v) is 4.75. The van der Waals surface area contributed by atoms with Gasteiger partial charge in [-0.25, -0.2) is 0 Å². The smallest absolute Gasteiger partial charge is 0.0244 e. The second kappa shape index (κ2) is 7.13. The molecule has 0 heterocycles. The van der Waals surface area contributed by atoms with E-state index in [0.29, 0.717) is 0 Å². The maximum absolute atomic E-state index is 3.83. The first-order valence-electron chi connectivity index (χ1n) is 4.75. The van der Waals surface area contributed by atoms with Gasteiger partial charge >= 0.3 is 0 Å². The molecule has 0 aliphatic rings. The molecular weight excluding hydrogens is 172 g/mol. The normalized spacial score (nSPS) is 9.50. The monoisotopic (exact) mass is 192 g/mol. The molecule has 1 aromatic rings. The van der Waals surface area contributed by atoms with Crippen molar-refractivity contribution in [3.63, 3.8) is 0 Å². The topological polar surface area (TPSA) is 15.6 Å². The summed E-state index contributed by atoms with van der Waals surface area (Å²) in [6, 6.07) is 8.48. The van der Waals surface area contributed by atoms with E-state index < -0.39 is 0 Å². The molecule has 0 fully saturated rings. The molecule has 0 amide bonds. The van der Waals surface area contributed by atoms with Crippen LogP contribution in [0.15, 0.2) is 29.4 Å². The van der Waals surface area contributed by atoms with Gasteiger partial charge in [0.2, 0.25) is 0 Å². The van der Waals surface area contributed by atoms with Crippen molar-refractivity contribution < 1.29 is 0 Å². The molecular formula is C12H20N2. The van der Waals surface area contributed by atoms with Gasteiger partial charge in [-0.1, -0.05) is 35.4 Å². The number of rotatable bonds is 1. The Bertz CT molecular complexity index is 239. The van der Waals surface area contributed by atoms with E-state index in [-0.39, 0.29) is 0 Å². The Balaban J connectivity index is 0.000000255. The summed E-state index contributed by atoms with van der Waals surface area (Å²) in [5.41, 5.74) is 2.66. The van der Waals surface area contributed by atoms with Gasteiger partial charge in [0, 0.05) is 20.3 Å². The third-order valence-corrected chi connectivity index (χ3v) is 1.56. The fraction of sp³-hybridized carbons (Fsp3) is 0.417. The molecule has 0 atom stereocenters. The number of aryl methyl sites for hydroxylation is 2. The quantitative estimate of drug-likeness (QED) is 0.493. The largest absolute Gasteiger partial charge is 0.304 e. The summed E-state index contributed by atoms with van der Waals surface area (Å²) in [5.74, 6) is 0. The van der Waals surface area contributed by atoms with Crippen LogP contribution < -0.4 is 0 Å². The predicted octanol–water partition coefficient (Wildman–Crippen LogP) is 2.86. The van der Waals surface area contributed by atoms with Crippen LogP contribution in [0.2, 0.25) is 0 Å². The van der Waals surface area contributed by atoms with Crippen LogP contribution in [-0.4, -0.2) is 25.3 Å². The minimum Gasteiger partial charge on any atom is -0.304 e. The van der Waals surface area contributed by atoms with Gasteiger partial charge < -0.3 is 5.01 Å². The summed E-state index contributed by atoms with van der Waals surface area (Å²) in [6.07, 6.45) is 1.75. The van der Waals surface area contributed by atoms with Gasteiger partial charge in [-0.3, -0.25) is 0 Å². The highest BCUT2D eigenvalue weighted by Crippen LogP contribution is 1.99. The zero-order valence-electron chi connectivity index (χ0n) is 9.78. The third kappa shape index (κ3) is 7.35. The molecule has 0 aliphatic carbocycles. The van der Waals surface area contributed by atoms with Crippen LogP contribution in [0.3, 0.4) is 0 Å². The maximum Gasteiger partial charge on any atom is 0.0244 e. The number of hydrazone groups is 1. The number of benzene rings is 1. The molecule has 0 saturated heterocycles. The van der Waals surface area contributed by atoms with E-state index in [1.165, 1.54) is 11.1 Å². The molecule has 14 heavy (non-hydrogen) atoms. The molecule has 1 rings (SSSR count). The molecule has 0 radical (unpaired) electrons. The van der Waals surface area contributed by atoms with Crippen molar-refractivity contribution in [2.45, 2.75) is 20.8 Å². The lowest BCUT2D eigenvalue weighted by molar-refractivity contribution is 0.440. The number of hydrogen-bond acceptors (Lipinski definition) is 2. The lowest BCUT2D eigenvalue weighted by atomic mass is 10.2. The van der Waals surface area contributed by atoms with E-state index in [1.54, 1.807) is 11.2 Å². The van der Waals surface area contributed by atoms with Crippen LogP contribution >= 0.6 is 0 Å². The standard InChI is InChI=1S/C8H10.C4H10N2/c1-7-3-5-8(2)6-4-7;1-4-5-6(2)3/h3-6H,1-2H3;4H,1-3H3/b;5-4+. The minimum atomic E-state index is 1.33. The second-order valence-corrected chi connectivity index (χ2v) is 3.38. The molecule has 0 spiro atoms. The van der Waals surface area contributed by atoms with Crippen molar-refractivity contribution in [2.75, 3.05) is 14.1 Å². The average Bonchev–Trinajstić information content (AvgIpc) is 2.11. The fourth-order valence-electron chi connectivity index (χ4n) is 0.868. The summed E-state index contributed by atoms with van der Waals surface area (Å²) in [6.45, 7) is 6.08. The minimum absolute atomic E-state index is 1.33. The Morgan fingerprint density at radius 3 is 1.50 bits per heavy atom. The van der Waals surface area contributed by atoms with Gasteiger partial charge in [0.1, 0.15) is 0 Å². The van der Waals surface area contributed by atoms with Crippen molar-refractivity contribution in [1.82, 2.24) is 5.01 Å². The van der Waals surface area contributed by atoms with Crippen LogP contribution in [0.5, 0.6) is 0 Å². The maximum atomic E-state index is 3.83. The van der Waals surface area contributed by atoms with Crippen molar-refractivity contribution in [3.8, 4) is 0 Å². The number of hydrogen-bond donors (Lipinski definition) is 0. The zero-order chi connectivity index (χ0) is 11.0. The van der Waals surface area contributed by atoms with Gasteiger partial charge in [0.05, 0.1) is 0 Å². The lowest BCUT2D eigenvalue weighted by Crippen LogP contribution is -2.00. The van der Waals surface area contributed by atoms with Gasteiger partial charge in [-0.05, 0) is 20.8 Å². The molecule has 0 N–H and O–H groups in total. The molecule has 0 unspecified atom stereocenters. The fourth-order valence-corrected chi connectivity index (χ4v) is 0.868. The van der Waals surface area contributed by atoms with Crippen molar-refractivity contribution in [2.24, 2.45) is 5.10 Å². The van der Waals surface area contributed by atoms with Crippen molar-refractivity contribution in [1.29, 1.82) is 0 Å². The highest BCUT2D eigenvalue weighted by atomic mass is 15.4. The third-order valence-electron chi connectivity index (χ3n) is 1.56. The highest BCUT2D eigenvalue weighted by molar-refractivity contribution is 5.52. The van der Waals surface area contributed by atoms with E-state index in [2.05, 4.69) is 43.2 Å². The Labute approximate surface area is 87.3 Å². The molecule has 0 saturated carbocycles. The summed E-state index contributed by atoms with van der Waals surface area (Å²) >= 11 is 0. The van der Waals surface area contributed by atoms with E-state index >= 15 is 0 Å². The van der Waals surface area contributed by atoms with E-state index in [0.717, 1.165) is 0 Å². The van der Waals surface area contributed by atoms with Crippen LogP contribution in [0.25, 0.3) is 0 Å². The van der Waals surface area contributed by atoms with Crippen LogP contribution in [0.4, 0.5) is 0 Å². The molecule has 78 valence electrons. The Morgan fingerprint density at radius 1 is 1.00 bits per heavy atom. The van der Waals surface area contributed by atoms with Crippen molar-refractivity contribution in [3.05, 3.63) is 35.4 Å². The van der Waals surface area contributed by atoms with Crippen LogP contribution in [-0.2, 0) is 0 Å². The molecule has 2 heteroatoms. The van der Waals surface area contributed by atoms with Gasteiger partial charge in [0.25, 0.3) is 0 Å². The molecule has 1 aromatic carbocycles. The van der Waals surface area contributed by atoms with Crippen LogP contribution in [0.1, 0.15) is 18.1 Å².